The molecule has 0 aliphatic carbocycles. The van der Waals surface area contributed by atoms with E-state index in [0.29, 0.717) is 28.2 Å². The van der Waals surface area contributed by atoms with Crippen LogP contribution in [0.3, 0.4) is 0 Å². The third kappa shape index (κ3) is 12.0. The highest BCUT2D eigenvalue weighted by Crippen LogP contribution is 2.51. The first kappa shape index (κ1) is 54.1. The molecule has 3 heterocycles. The van der Waals surface area contributed by atoms with Gasteiger partial charge in [0.1, 0.15) is 41.2 Å². The SMILES string of the molecule is COc1ccc(C(OC[C@H]2O[C@@H](n3ccc(NC(=O)c4ccccc4)nc3=O)[C@H](OCCCN3C(=O)c4ccccc4C3=O)[C@@H]2OP(OCCC#N)N(C(C)C)C(C)C)(c2ccccc2)c2ccc(OC)cc2)cc1. The minimum Gasteiger partial charge on any atom is -0.497 e. The van der Waals surface area contributed by atoms with Gasteiger partial charge < -0.3 is 38.0 Å². The average molecular weight is 1040 g/mol. The molecule has 2 aliphatic rings. The molecular weight excluding hydrogens is 976 g/mol. The monoisotopic (exact) mass is 1040 g/mol. The highest BCUT2D eigenvalue weighted by molar-refractivity contribution is 7.44. The predicted octanol–water partition coefficient (Wildman–Crippen LogP) is 9.15. The summed E-state index contributed by atoms with van der Waals surface area (Å²) in [6.45, 7) is 8.02. The van der Waals surface area contributed by atoms with Crippen LogP contribution in [0.1, 0.15) is 94.5 Å². The molecule has 3 amide bonds. The number of carbonyl (C=O) groups excluding carboxylic acids is 3. The number of fused-ring (bicyclic) bond motifs is 1. The summed E-state index contributed by atoms with van der Waals surface area (Å²) >= 11 is 0. The first-order valence-electron chi connectivity index (χ1n) is 24.8. The molecule has 1 N–H and O–H groups in total. The van der Waals surface area contributed by atoms with Gasteiger partial charge in [0.05, 0.1) is 51.1 Å². The molecule has 8 rings (SSSR count). The number of imide groups is 1. The zero-order valence-electron chi connectivity index (χ0n) is 42.7. The fraction of sp³-hybridized carbons (Fsp3) is 0.333. The van der Waals surface area contributed by atoms with E-state index < -0.39 is 62.1 Å². The summed E-state index contributed by atoms with van der Waals surface area (Å²) < 4.78 is 49.6. The molecule has 2 aliphatic heterocycles. The second-order valence-corrected chi connectivity index (χ2v) is 19.7. The summed E-state index contributed by atoms with van der Waals surface area (Å²) in [6, 6.07) is 43.7. The lowest BCUT2D eigenvalue weighted by molar-refractivity contribution is -0.0977. The van der Waals surface area contributed by atoms with Gasteiger partial charge >= 0.3 is 5.69 Å². The molecule has 17 nitrogen and oxygen atoms in total. The normalized spacial score (nSPS) is 17.8. The Bertz CT molecular complexity index is 2900. The zero-order chi connectivity index (χ0) is 53.1. The van der Waals surface area contributed by atoms with Crippen molar-refractivity contribution in [1.82, 2.24) is 19.1 Å². The van der Waals surface area contributed by atoms with Gasteiger partial charge in [0.15, 0.2) is 6.23 Å². The fourth-order valence-corrected chi connectivity index (χ4v) is 11.2. The zero-order valence-corrected chi connectivity index (χ0v) is 43.6. The third-order valence-corrected chi connectivity index (χ3v) is 15.0. The minimum atomic E-state index is -1.97. The van der Waals surface area contributed by atoms with Gasteiger partial charge in [0.2, 0.25) is 0 Å². The minimum absolute atomic E-state index is 0.0137. The molecule has 5 atom stereocenters. The Balaban J connectivity index is 1.22. The van der Waals surface area contributed by atoms with Crippen molar-refractivity contribution in [2.45, 2.75) is 82.8 Å². The fourth-order valence-electron chi connectivity index (χ4n) is 9.39. The van der Waals surface area contributed by atoms with Crippen LogP contribution in [0.25, 0.3) is 0 Å². The van der Waals surface area contributed by atoms with Crippen LogP contribution in [-0.2, 0) is 28.9 Å². The maximum absolute atomic E-state index is 14.4. The number of benzene rings is 5. The van der Waals surface area contributed by atoms with E-state index in [2.05, 4.69) is 21.0 Å². The highest BCUT2D eigenvalue weighted by atomic mass is 31.2. The van der Waals surface area contributed by atoms with Crippen LogP contribution < -0.4 is 20.5 Å². The Kier molecular flexibility index (Phi) is 18.0. The summed E-state index contributed by atoms with van der Waals surface area (Å²) in [6.07, 6.45) is -2.60. The van der Waals surface area contributed by atoms with Gasteiger partial charge in [-0.3, -0.25) is 23.9 Å². The van der Waals surface area contributed by atoms with E-state index in [1.165, 1.54) is 21.7 Å². The lowest BCUT2D eigenvalue weighted by Crippen LogP contribution is -2.43. The second kappa shape index (κ2) is 24.9. The second-order valence-electron chi connectivity index (χ2n) is 18.3. The summed E-state index contributed by atoms with van der Waals surface area (Å²) in [7, 11) is 1.24. The first-order chi connectivity index (χ1) is 36.4. The number of nitrogens with zero attached hydrogens (tertiary/aromatic N) is 5. The smallest absolute Gasteiger partial charge is 0.351 e. The van der Waals surface area contributed by atoms with Crippen molar-refractivity contribution < 1.29 is 47.1 Å². The van der Waals surface area contributed by atoms with Crippen molar-refractivity contribution in [2.75, 3.05) is 45.9 Å². The Hall–Kier alpha value is -7.13. The number of carbonyl (C=O) groups is 3. The van der Waals surface area contributed by atoms with Crippen molar-refractivity contribution in [3.63, 3.8) is 0 Å². The number of anilines is 1. The number of methoxy groups -OCH3 is 2. The molecular formula is C57H61N6O11P. The van der Waals surface area contributed by atoms with Gasteiger partial charge in [-0.25, -0.2) is 9.46 Å². The number of nitriles is 1. The maximum Gasteiger partial charge on any atom is 0.351 e. The molecule has 1 aromatic heterocycles. The molecule has 18 heteroatoms. The van der Waals surface area contributed by atoms with Gasteiger partial charge in [-0.05, 0) is 105 Å². The predicted molar refractivity (Wildman–Crippen MR) is 281 cm³/mol. The number of hydrogen-bond donors (Lipinski definition) is 1. The van der Waals surface area contributed by atoms with Crippen LogP contribution in [0.2, 0.25) is 0 Å². The van der Waals surface area contributed by atoms with Gasteiger partial charge in [-0.2, -0.15) is 10.2 Å². The lowest BCUT2D eigenvalue weighted by atomic mass is 9.80. The van der Waals surface area contributed by atoms with E-state index in [9.17, 15) is 24.4 Å². The maximum atomic E-state index is 14.4. The topological polar surface area (TPSA) is 193 Å². The quantitative estimate of drug-likeness (QED) is 0.0261. The number of nitrogens with one attached hydrogen (secondary N) is 1. The number of hydrogen-bond acceptors (Lipinski definition) is 14. The molecule has 0 saturated carbocycles. The van der Waals surface area contributed by atoms with E-state index in [-0.39, 0.29) is 57.1 Å². The van der Waals surface area contributed by atoms with E-state index in [1.807, 2.05) is 107 Å². The van der Waals surface area contributed by atoms with Crippen molar-refractivity contribution in [1.29, 1.82) is 5.26 Å². The van der Waals surface area contributed by atoms with Gasteiger partial charge in [-0.1, -0.05) is 84.9 Å². The summed E-state index contributed by atoms with van der Waals surface area (Å²) in [5, 5.41) is 12.3. The molecule has 0 radical (unpaired) electrons. The van der Waals surface area contributed by atoms with Crippen molar-refractivity contribution in [3.8, 4) is 17.6 Å². The summed E-state index contributed by atoms with van der Waals surface area (Å²) in [5.74, 6) is 0.0477. The largest absolute Gasteiger partial charge is 0.497 e. The number of rotatable bonds is 24. The van der Waals surface area contributed by atoms with Crippen LogP contribution in [0.15, 0.2) is 151 Å². The van der Waals surface area contributed by atoms with Gasteiger partial charge in [0.25, 0.3) is 26.2 Å². The molecule has 75 heavy (non-hydrogen) atoms. The van der Waals surface area contributed by atoms with Crippen LogP contribution in [0.4, 0.5) is 5.82 Å². The molecule has 6 aromatic rings. The Morgan fingerprint density at radius 3 is 1.87 bits per heavy atom. The van der Waals surface area contributed by atoms with Crippen molar-refractivity contribution >= 4 is 32.1 Å². The molecule has 0 bridgehead atoms. The lowest BCUT2D eigenvalue weighted by Gasteiger charge is -2.39. The number of amides is 3. The molecule has 390 valence electrons. The van der Waals surface area contributed by atoms with E-state index >= 15 is 0 Å². The Morgan fingerprint density at radius 2 is 1.32 bits per heavy atom. The van der Waals surface area contributed by atoms with Crippen molar-refractivity contribution in [3.05, 3.63) is 190 Å². The highest BCUT2D eigenvalue weighted by Gasteiger charge is 2.52. The summed E-state index contributed by atoms with van der Waals surface area (Å²) in [5.41, 5.74) is 1.28. The molecule has 0 spiro atoms. The standard InChI is InChI=1S/C57H61N6O11P/c1-38(2)63(39(3)4)75(72-36-15-32-58)74-50-48(37-71-57(41-19-11-8-12-20-41,42-23-27-44(68-5)28-24-42)43-25-29-45(69-6)30-26-43)73-55(62-34-31-49(60-56(62)67)59-52(64)40-17-9-7-10-18-40)51(50)70-35-16-33-61-53(65)46-21-13-14-22-47(46)54(61)66/h7-14,17-31,34,38-39,48,50-51,55H,15-16,33,35-37H2,1-6H3,(H,59,60,64,67)/t48-,50-,51-,55-,75?/m1/s1. The average Bonchev–Trinajstić information content (AvgIpc) is 3.89. The third-order valence-electron chi connectivity index (χ3n) is 12.9. The van der Waals surface area contributed by atoms with Crippen molar-refractivity contribution in [2.24, 2.45) is 0 Å². The molecule has 5 aromatic carbocycles. The van der Waals surface area contributed by atoms with E-state index in [1.54, 1.807) is 68.8 Å². The van der Waals surface area contributed by atoms with Crippen LogP contribution in [-0.4, -0.2) is 108 Å². The molecule has 1 fully saturated rings. The van der Waals surface area contributed by atoms with Gasteiger partial charge in [0, 0.05) is 37.0 Å². The first-order valence-corrected chi connectivity index (χ1v) is 25.9. The number of ether oxygens (including phenoxy) is 5. The van der Waals surface area contributed by atoms with Crippen LogP contribution >= 0.6 is 8.53 Å². The molecule has 1 saturated heterocycles. The Morgan fingerprint density at radius 1 is 0.760 bits per heavy atom. The van der Waals surface area contributed by atoms with Crippen LogP contribution in [0, 0.1) is 11.3 Å². The van der Waals surface area contributed by atoms with Gasteiger partial charge in [-0.15, -0.1) is 0 Å². The number of aromatic nitrogens is 2. The summed E-state index contributed by atoms with van der Waals surface area (Å²) in [4.78, 5) is 59.9. The van der Waals surface area contributed by atoms with E-state index in [0.717, 1.165) is 16.7 Å². The van der Waals surface area contributed by atoms with Crippen LogP contribution in [0.5, 0.6) is 11.5 Å². The molecule has 1 unspecified atom stereocenters. The Labute approximate surface area is 437 Å². The van der Waals surface area contributed by atoms with E-state index in [4.69, 9.17) is 32.7 Å².